The second-order valence-corrected chi connectivity index (χ2v) is 7.37. The monoisotopic (exact) mass is 355 g/mol. The van der Waals surface area contributed by atoms with Crippen molar-refractivity contribution in [2.24, 2.45) is 5.41 Å². The summed E-state index contributed by atoms with van der Waals surface area (Å²) in [6, 6.07) is 28.3. The number of carbonyl (C=O) groups is 2. The van der Waals surface area contributed by atoms with Crippen molar-refractivity contribution in [3.8, 4) is 0 Å². The van der Waals surface area contributed by atoms with Crippen LogP contribution in [0.15, 0.2) is 91.0 Å². The second kappa shape index (κ2) is 6.20. The van der Waals surface area contributed by atoms with Crippen LogP contribution in [0.4, 0.5) is 5.69 Å². The summed E-state index contributed by atoms with van der Waals surface area (Å²) in [5.41, 5.74) is 0.204. The van der Waals surface area contributed by atoms with Gasteiger partial charge in [0.1, 0.15) is 5.54 Å². The highest BCUT2D eigenvalue weighted by Crippen LogP contribution is 2.58. The van der Waals surface area contributed by atoms with E-state index in [1.54, 1.807) is 4.90 Å². The Morgan fingerprint density at radius 2 is 1.22 bits per heavy atom. The van der Waals surface area contributed by atoms with Crippen molar-refractivity contribution < 1.29 is 9.59 Å². The third-order valence-corrected chi connectivity index (χ3v) is 5.55. The summed E-state index contributed by atoms with van der Waals surface area (Å²) in [6.07, 6.45) is 0. The summed E-state index contributed by atoms with van der Waals surface area (Å²) in [7, 11) is 0. The summed E-state index contributed by atoms with van der Waals surface area (Å²) >= 11 is 0. The van der Waals surface area contributed by atoms with E-state index in [2.05, 4.69) is 0 Å². The zero-order chi connectivity index (χ0) is 19.1. The Labute approximate surface area is 159 Å². The van der Waals surface area contributed by atoms with Gasteiger partial charge in [0, 0.05) is 11.3 Å². The third-order valence-electron chi connectivity index (χ3n) is 5.55. The van der Waals surface area contributed by atoms with E-state index in [0.717, 1.165) is 11.3 Å². The van der Waals surface area contributed by atoms with Crippen molar-refractivity contribution in [2.45, 2.75) is 19.4 Å². The molecule has 1 aliphatic heterocycles. The Kier molecular flexibility index (Phi) is 3.96. The SMILES string of the molecule is CC1(C)C(=O)N(c2ccccc2)C1(C(=O)c1ccccc1)c1ccccc1. The van der Waals surface area contributed by atoms with Crippen molar-refractivity contribution in [1.29, 1.82) is 0 Å². The highest BCUT2D eigenvalue weighted by atomic mass is 16.2. The van der Waals surface area contributed by atoms with Crippen LogP contribution in [-0.2, 0) is 10.3 Å². The average Bonchev–Trinajstić information content (AvgIpc) is 2.72. The van der Waals surface area contributed by atoms with Crippen molar-refractivity contribution in [3.63, 3.8) is 0 Å². The zero-order valence-electron chi connectivity index (χ0n) is 15.4. The normalized spacial score (nSPS) is 20.8. The second-order valence-electron chi connectivity index (χ2n) is 7.37. The lowest BCUT2D eigenvalue weighted by Gasteiger charge is -2.61. The Hall–Kier alpha value is -3.20. The molecule has 4 rings (SSSR count). The predicted octanol–water partition coefficient (Wildman–Crippen LogP) is 4.84. The molecule has 3 aromatic rings. The number of carbonyl (C=O) groups excluding carboxylic acids is 2. The lowest BCUT2D eigenvalue weighted by Crippen LogP contribution is -2.77. The predicted molar refractivity (Wildman–Crippen MR) is 107 cm³/mol. The van der Waals surface area contributed by atoms with Crippen LogP contribution < -0.4 is 4.90 Å². The number of anilines is 1. The van der Waals surface area contributed by atoms with Crippen molar-refractivity contribution in [1.82, 2.24) is 0 Å². The Balaban J connectivity index is 2.00. The van der Waals surface area contributed by atoms with Crippen LogP contribution in [0.3, 0.4) is 0 Å². The largest absolute Gasteiger partial charge is 0.293 e. The number of β-lactam (4-membered cyclic amide) rings is 1. The molecule has 1 heterocycles. The first kappa shape index (κ1) is 17.2. The number of Topliss-reactive ketones (excluding diaryl/α,β-unsaturated/α-hetero) is 1. The van der Waals surface area contributed by atoms with Gasteiger partial charge in [-0.3, -0.25) is 14.5 Å². The lowest BCUT2D eigenvalue weighted by molar-refractivity contribution is -0.142. The molecular weight excluding hydrogens is 334 g/mol. The number of para-hydroxylation sites is 1. The summed E-state index contributed by atoms with van der Waals surface area (Å²) in [5.74, 6) is -0.121. The van der Waals surface area contributed by atoms with E-state index >= 15 is 0 Å². The minimum Gasteiger partial charge on any atom is -0.293 e. The summed E-state index contributed by atoms with van der Waals surface area (Å²) < 4.78 is 0. The zero-order valence-corrected chi connectivity index (χ0v) is 15.4. The minimum absolute atomic E-state index is 0.0539. The molecule has 0 N–H and O–H groups in total. The molecule has 3 aromatic carbocycles. The number of hydrogen-bond donors (Lipinski definition) is 0. The maximum absolute atomic E-state index is 13.9. The number of rotatable bonds is 4. The highest BCUT2D eigenvalue weighted by Gasteiger charge is 2.71. The molecule has 1 unspecified atom stereocenters. The number of nitrogens with zero attached hydrogens (tertiary/aromatic N) is 1. The molecule has 0 bridgehead atoms. The maximum Gasteiger partial charge on any atom is 0.237 e. The van der Waals surface area contributed by atoms with Gasteiger partial charge >= 0.3 is 0 Å². The van der Waals surface area contributed by atoms with Crippen molar-refractivity contribution >= 4 is 17.4 Å². The fourth-order valence-corrected chi connectivity index (χ4v) is 4.19. The Morgan fingerprint density at radius 1 is 0.741 bits per heavy atom. The topological polar surface area (TPSA) is 37.4 Å². The smallest absolute Gasteiger partial charge is 0.237 e. The molecule has 1 fully saturated rings. The summed E-state index contributed by atoms with van der Waals surface area (Å²) in [6.45, 7) is 3.73. The Bertz CT molecular complexity index is 981. The van der Waals surface area contributed by atoms with E-state index in [4.69, 9.17) is 0 Å². The van der Waals surface area contributed by atoms with Crippen LogP contribution in [0, 0.1) is 5.41 Å². The molecule has 27 heavy (non-hydrogen) atoms. The van der Waals surface area contributed by atoms with Gasteiger partial charge in [0.2, 0.25) is 5.91 Å². The van der Waals surface area contributed by atoms with Crippen molar-refractivity contribution in [2.75, 3.05) is 4.90 Å². The van der Waals surface area contributed by atoms with E-state index in [-0.39, 0.29) is 11.7 Å². The van der Waals surface area contributed by atoms with Gasteiger partial charge in [-0.25, -0.2) is 0 Å². The van der Waals surface area contributed by atoms with Crippen molar-refractivity contribution in [3.05, 3.63) is 102 Å². The molecule has 1 saturated heterocycles. The third kappa shape index (κ3) is 2.28. The van der Waals surface area contributed by atoms with Gasteiger partial charge in [0.05, 0.1) is 5.41 Å². The van der Waals surface area contributed by atoms with E-state index in [0.29, 0.717) is 5.56 Å². The molecule has 0 spiro atoms. The van der Waals surface area contributed by atoms with E-state index in [1.807, 2.05) is 105 Å². The van der Waals surface area contributed by atoms with Crippen LogP contribution in [0.1, 0.15) is 29.8 Å². The van der Waals surface area contributed by atoms with Crippen LogP contribution in [0.5, 0.6) is 0 Å². The van der Waals surface area contributed by atoms with Gasteiger partial charge in [-0.2, -0.15) is 0 Å². The van der Waals surface area contributed by atoms with Crippen LogP contribution >= 0.6 is 0 Å². The molecule has 0 aromatic heterocycles. The van der Waals surface area contributed by atoms with Gasteiger partial charge in [-0.15, -0.1) is 0 Å². The molecule has 1 aliphatic rings. The molecule has 0 aliphatic carbocycles. The lowest BCUT2D eigenvalue weighted by atomic mass is 9.56. The van der Waals surface area contributed by atoms with Crippen LogP contribution in [-0.4, -0.2) is 11.7 Å². The molecule has 0 saturated carbocycles. The van der Waals surface area contributed by atoms with E-state index in [9.17, 15) is 9.59 Å². The molecule has 3 nitrogen and oxygen atoms in total. The minimum atomic E-state index is -1.09. The first-order valence-electron chi connectivity index (χ1n) is 9.06. The molecule has 0 radical (unpaired) electrons. The average molecular weight is 355 g/mol. The molecule has 1 atom stereocenters. The highest BCUT2D eigenvalue weighted by molar-refractivity contribution is 6.22. The summed E-state index contributed by atoms with van der Waals surface area (Å²) in [4.78, 5) is 28.7. The van der Waals surface area contributed by atoms with Gasteiger partial charge in [-0.05, 0) is 31.5 Å². The fourth-order valence-electron chi connectivity index (χ4n) is 4.19. The first-order valence-corrected chi connectivity index (χ1v) is 9.06. The molecule has 3 heteroatoms. The number of benzene rings is 3. The van der Waals surface area contributed by atoms with E-state index < -0.39 is 11.0 Å². The molecule has 1 amide bonds. The van der Waals surface area contributed by atoms with Crippen LogP contribution in [0.2, 0.25) is 0 Å². The van der Waals surface area contributed by atoms with Gasteiger partial charge in [0.15, 0.2) is 5.78 Å². The standard InChI is InChI=1S/C24H21NO2/c1-23(2)22(27)25(20-16-10-5-11-17-20)24(23,19-14-8-4-9-15-19)21(26)18-12-6-3-7-13-18/h3-17H,1-2H3. The number of amides is 1. The van der Waals surface area contributed by atoms with Crippen LogP contribution in [0.25, 0.3) is 0 Å². The molecule has 134 valence electrons. The molecular formula is C24H21NO2. The van der Waals surface area contributed by atoms with Gasteiger partial charge in [0.25, 0.3) is 0 Å². The van der Waals surface area contributed by atoms with Gasteiger partial charge in [-0.1, -0.05) is 78.9 Å². The number of ketones is 1. The quantitative estimate of drug-likeness (QED) is 0.496. The maximum atomic E-state index is 13.9. The first-order chi connectivity index (χ1) is 13.0. The van der Waals surface area contributed by atoms with Gasteiger partial charge < -0.3 is 0 Å². The van der Waals surface area contributed by atoms with E-state index in [1.165, 1.54) is 0 Å². The number of hydrogen-bond acceptors (Lipinski definition) is 2. The Morgan fingerprint density at radius 3 is 1.78 bits per heavy atom. The fraction of sp³-hybridized carbons (Fsp3) is 0.167. The summed E-state index contributed by atoms with van der Waals surface area (Å²) in [5, 5.41) is 0.